The number of hydrogen-bond donors (Lipinski definition) is 0. The molecule has 0 aromatic rings. The van der Waals surface area contributed by atoms with Crippen LogP contribution in [-0.2, 0) is 16.5 Å². The molecule has 0 saturated carbocycles. The average Bonchev–Trinajstić information content (AvgIpc) is 3.33. The van der Waals surface area contributed by atoms with Gasteiger partial charge in [0.05, 0.1) is 47.0 Å². The summed E-state index contributed by atoms with van der Waals surface area (Å²) in [5, 5.41) is 0. The van der Waals surface area contributed by atoms with Crippen molar-refractivity contribution in [1.82, 2.24) is 0 Å². The average molecular weight is 368 g/mol. The van der Waals surface area contributed by atoms with Gasteiger partial charge in [0.15, 0.2) is 0 Å². The Morgan fingerprint density at radius 2 is 0.840 bits per heavy atom. The van der Waals surface area contributed by atoms with Crippen molar-refractivity contribution in [2.45, 2.75) is 0 Å². The first kappa shape index (κ1) is 14.4. The SMILES string of the molecule is [2H]C1=CC2=CC3=NC(=CC4=NC(=CC5=NC(=CC1=N2)C=C5)C=C4)C=C3.[Ni]. The molecule has 0 radical (unpaired) electrons. The summed E-state index contributed by atoms with van der Waals surface area (Å²) in [5.74, 6) is 0. The molecule has 5 aliphatic heterocycles. The van der Waals surface area contributed by atoms with Crippen molar-refractivity contribution < 1.29 is 17.9 Å². The smallest absolute Gasteiger partial charge is 0.0659 e. The molecular formula is C20H12N4Ni. The van der Waals surface area contributed by atoms with Gasteiger partial charge in [0.1, 0.15) is 0 Å². The maximum absolute atomic E-state index is 8.11. The number of hydrogen-bond acceptors (Lipinski definition) is 4. The van der Waals surface area contributed by atoms with Gasteiger partial charge in [-0.05, 0) is 72.9 Å². The van der Waals surface area contributed by atoms with Crippen LogP contribution in [0.4, 0.5) is 0 Å². The van der Waals surface area contributed by atoms with Gasteiger partial charge in [-0.3, -0.25) is 0 Å². The van der Waals surface area contributed by atoms with E-state index in [-0.39, 0.29) is 16.5 Å². The predicted molar refractivity (Wildman–Crippen MR) is 98.6 cm³/mol. The minimum absolute atomic E-state index is 0. The van der Waals surface area contributed by atoms with Crippen LogP contribution in [-0.4, -0.2) is 22.8 Å². The van der Waals surface area contributed by atoms with E-state index in [9.17, 15) is 0 Å². The summed E-state index contributed by atoms with van der Waals surface area (Å²) < 4.78 is 8.11. The van der Waals surface area contributed by atoms with Crippen molar-refractivity contribution >= 4 is 22.8 Å². The van der Waals surface area contributed by atoms with Crippen molar-refractivity contribution in [3.63, 3.8) is 0 Å². The molecule has 0 fully saturated rings. The van der Waals surface area contributed by atoms with E-state index in [0.717, 1.165) is 39.9 Å². The third kappa shape index (κ3) is 3.19. The Balaban J connectivity index is 0.00000168. The van der Waals surface area contributed by atoms with E-state index in [2.05, 4.69) is 20.0 Å². The zero-order valence-electron chi connectivity index (χ0n) is 14.0. The molecule has 25 heavy (non-hydrogen) atoms. The van der Waals surface area contributed by atoms with Gasteiger partial charge in [0, 0.05) is 16.5 Å². The number of nitrogens with zero attached hydrogens (tertiary/aromatic N) is 4. The van der Waals surface area contributed by atoms with Gasteiger partial charge in [-0.25, -0.2) is 20.0 Å². The maximum Gasteiger partial charge on any atom is 0.0659 e. The summed E-state index contributed by atoms with van der Waals surface area (Å²) >= 11 is 0. The number of allylic oxidation sites excluding steroid dienone is 12. The molecule has 8 bridgehead atoms. The Morgan fingerprint density at radius 1 is 0.480 bits per heavy atom. The molecule has 4 nitrogen and oxygen atoms in total. The fourth-order valence-corrected chi connectivity index (χ4v) is 2.76. The molecule has 5 heteroatoms. The molecule has 0 aliphatic carbocycles. The van der Waals surface area contributed by atoms with Gasteiger partial charge in [0.25, 0.3) is 0 Å². The fourth-order valence-electron chi connectivity index (χ4n) is 2.76. The second-order valence-corrected chi connectivity index (χ2v) is 5.67. The topological polar surface area (TPSA) is 49.4 Å². The van der Waals surface area contributed by atoms with Crippen LogP contribution in [0.15, 0.2) is 116 Å². The maximum atomic E-state index is 8.11. The van der Waals surface area contributed by atoms with Crippen molar-refractivity contribution in [1.29, 1.82) is 0 Å². The Kier molecular flexibility index (Phi) is 3.57. The molecule has 0 aromatic heterocycles. The molecule has 5 aliphatic rings. The van der Waals surface area contributed by atoms with Gasteiger partial charge < -0.3 is 0 Å². The van der Waals surface area contributed by atoms with Crippen molar-refractivity contribution in [3.05, 3.63) is 95.7 Å². The van der Waals surface area contributed by atoms with Crippen LogP contribution in [0.1, 0.15) is 1.37 Å². The normalized spacial score (nSPS) is 22.7. The van der Waals surface area contributed by atoms with E-state index in [1.807, 2.05) is 60.8 Å². The Hall–Kier alpha value is -2.91. The third-order valence-corrected chi connectivity index (χ3v) is 3.84. The molecule has 5 rings (SSSR count). The first-order valence-electron chi connectivity index (χ1n) is 8.16. The summed E-state index contributed by atoms with van der Waals surface area (Å²) in [6.45, 7) is 0. The van der Waals surface area contributed by atoms with Crippen LogP contribution in [0.5, 0.6) is 0 Å². The largest absolute Gasteiger partial charge is 0.249 e. The molecule has 0 unspecified atom stereocenters. The molecule has 0 aromatic carbocycles. The van der Waals surface area contributed by atoms with Crippen molar-refractivity contribution in [2.75, 3.05) is 0 Å². The summed E-state index contributed by atoms with van der Waals surface area (Å²) in [4.78, 5) is 18.2. The summed E-state index contributed by atoms with van der Waals surface area (Å²) in [5.41, 5.74) is 6.33. The molecule has 0 amide bonds. The summed E-state index contributed by atoms with van der Waals surface area (Å²) in [6, 6.07) is 0.379. The van der Waals surface area contributed by atoms with Crippen LogP contribution in [0, 0.1) is 0 Å². The van der Waals surface area contributed by atoms with Crippen LogP contribution in [0.25, 0.3) is 0 Å². The first-order valence-corrected chi connectivity index (χ1v) is 7.66. The third-order valence-electron chi connectivity index (χ3n) is 3.84. The van der Waals surface area contributed by atoms with Gasteiger partial charge in [0.2, 0.25) is 0 Å². The Morgan fingerprint density at radius 3 is 1.32 bits per heavy atom. The quantitative estimate of drug-likeness (QED) is 0.587. The van der Waals surface area contributed by atoms with Crippen LogP contribution < -0.4 is 0 Å². The molecule has 0 spiro atoms. The van der Waals surface area contributed by atoms with Gasteiger partial charge in [-0.15, -0.1) is 0 Å². The predicted octanol–water partition coefficient (Wildman–Crippen LogP) is 3.58. The fraction of sp³-hybridized carbons (Fsp3) is 0. The van der Waals surface area contributed by atoms with E-state index < -0.39 is 0 Å². The van der Waals surface area contributed by atoms with E-state index in [1.165, 1.54) is 0 Å². The molecule has 0 atom stereocenters. The molecular weight excluding hydrogens is 355 g/mol. The van der Waals surface area contributed by atoms with Crippen LogP contribution in [0.2, 0.25) is 0 Å². The molecule has 0 N–H and O–H groups in total. The molecule has 5 heterocycles. The zero-order valence-corrected chi connectivity index (χ0v) is 13.9. The van der Waals surface area contributed by atoms with Crippen LogP contribution in [0.3, 0.4) is 0 Å². The van der Waals surface area contributed by atoms with Crippen LogP contribution >= 0.6 is 0 Å². The van der Waals surface area contributed by atoms with Crippen molar-refractivity contribution in [3.8, 4) is 0 Å². The molecule has 122 valence electrons. The van der Waals surface area contributed by atoms with E-state index in [4.69, 9.17) is 1.37 Å². The second-order valence-electron chi connectivity index (χ2n) is 5.67. The summed E-state index contributed by atoms with van der Waals surface area (Å²) in [7, 11) is 0. The number of fused-ring (bicyclic) bond motifs is 4. The number of rotatable bonds is 0. The van der Waals surface area contributed by atoms with Crippen molar-refractivity contribution in [2.24, 2.45) is 20.0 Å². The Bertz CT molecular complexity index is 1080. The van der Waals surface area contributed by atoms with Gasteiger partial charge in [-0.2, -0.15) is 0 Å². The minimum Gasteiger partial charge on any atom is -0.249 e. The number of aliphatic imine (C=N–C) groups is 4. The van der Waals surface area contributed by atoms with E-state index in [1.54, 1.807) is 6.08 Å². The van der Waals surface area contributed by atoms with Gasteiger partial charge >= 0.3 is 0 Å². The standard InChI is InChI=1S/C20H12N4.Ni/c1-2-14-10-16-5-6-18(23-16)12-20-8-7-19(24-20)11-17-4-3-15(22-17)9-13(1)21-14;/h1-12H;/i1D;. The minimum atomic E-state index is 0. The molecule has 0 saturated heterocycles. The Labute approximate surface area is 156 Å². The first-order chi connectivity index (χ1) is 12.2. The van der Waals surface area contributed by atoms with E-state index in [0.29, 0.717) is 11.8 Å². The second kappa shape index (κ2) is 6.19. The zero-order chi connectivity index (χ0) is 16.8. The summed E-state index contributed by atoms with van der Waals surface area (Å²) in [6.07, 6.45) is 21.0. The van der Waals surface area contributed by atoms with E-state index >= 15 is 0 Å². The monoisotopic (exact) mass is 367 g/mol. The van der Waals surface area contributed by atoms with Gasteiger partial charge in [-0.1, -0.05) is 0 Å².